The molecule has 0 spiro atoms. The predicted molar refractivity (Wildman–Crippen MR) is 325 cm³/mol. The molecule has 0 amide bonds. The number of rotatable bonds is 8. The molecule has 11 aromatic carbocycles. The summed E-state index contributed by atoms with van der Waals surface area (Å²) in [6, 6.07) is 76.5. The molecule has 75 heavy (non-hydrogen) atoms. The Morgan fingerprint density at radius 2 is 0.840 bits per heavy atom. The van der Waals surface area contributed by atoms with Crippen molar-refractivity contribution in [3.63, 3.8) is 0 Å². The molecule has 4 nitrogen and oxygen atoms in total. The minimum Gasteiger partial charge on any atom is -0.454 e. The van der Waals surface area contributed by atoms with Gasteiger partial charge in [0.15, 0.2) is 11.2 Å². The van der Waals surface area contributed by atoms with Crippen LogP contribution in [0.2, 0.25) is 39.3 Å². The molecule has 1 aliphatic carbocycles. The van der Waals surface area contributed by atoms with E-state index in [9.17, 15) is 0 Å². The third-order valence-electron chi connectivity index (χ3n) is 16.6. The lowest BCUT2D eigenvalue weighted by molar-refractivity contribution is 0.668. The first kappa shape index (κ1) is 45.4. The second kappa shape index (κ2) is 16.4. The summed E-state index contributed by atoms with van der Waals surface area (Å²) in [4.78, 5) is 4.81. The minimum atomic E-state index is -2.18. The van der Waals surface area contributed by atoms with E-state index < -0.39 is 16.1 Å². The highest BCUT2D eigenvalue weighted by molar-refractivity contribution is 7.00. The highest BCUT2D eigenvalue weighted by Gasteiger charge is 2.60. The van der Waals surface area contributed by atoms with Gasteiger partial charge in [-0.3, -0.25) is 0 Å². The van der Waals surface area contributed by atoms with Crippen molar-refractivity contribution in [1.82, 2.24) is 0 Å². The molecule has 0 aliphatic heterocycles. The van der Waals surface area contributed by atoms with Crippen LogP contribution in [0.25, 0.3) is 87.3 Å². The third kappa shape index (κ3) is 6.65. The average molecular weight is 1000 g/mol. The fourth-order valence-corrected chi connectivity index (χ4v) is 27.0. The van der Waals surface area contributed by atoms with Crippen molar-refractivity contribution in [2.75, 3.05) is 9.80 Å². The van der Waals surface area contributed by atoms with Crippen molar-refractivity contribution in [2.45, 2.75) is 57.8 Å². The van der Waals surface area contributed by atoms with Crippen molar-refractivity contribution >= 4 is 126 Å². The van der Waals surface area contributed by atoms with E-state index >= 15 is 0 Å². The molecule has 0 atom stereocenters. The van der Waals surface area contributed by atoms with E-state index in [4.69, 9.17) is 8.83 Å². The van der Waals surface area contributed by atoms with E-state index in [0.29, 0.717) is 0 Å². The number of fused-ring (bicyclic) bond motifs is 15. The zero-order valence-electron chi connectivity index (χ0n) is 43.8. The summed E-state index contributed by atoms with van der Waals surface area (Å²) in [5.74, 6) is 0. The van der Waals surface area contributed by atoms with Gasteiger partial charge in [-0.15, -0.1) is 0 Å². The van der Waals surface area contributed by atoms with Crippen LogP contribution in [-0.4, -0.2) is 16.1 Å². The van der Waals surface area contributed by atoms with Crippen LogP contribution in [0, 0.1) is 13.8 Å². The second-order valence-electron chi connectivity index (χ2n) is 23.1. The van der Waals surface area contributed by atoms with Gasteiger partial charge in [0.2, 0.25) is 0 Å². The summed E-state index contributed by atoms with van der Waals surface area (Å²) >= 11 is 0. The molecule has 0 N–H and O–H groups in total. The van der Waals surface area contributed by atoms with E-state index in [0.717, 1.165) is 78.0 Å². The lowest BCUT2D eigenvalue weighted by Gasteiger charge is -2.51. The van der Waals surface area contributed by atoms with E-state index in [-0.39, 0.29) is 4.66 Å². The maximum atomic E-state index is 6.79. The molecule has 1 aliphatic rings. The summed E-state index contributed by atoms with van der Waals surface area (Å²) in [6.45, 7) is 20.2. The second-order valence-corrected chi connectivity index (χ2v) is 34.1. The quantitative estimate of drug-likeness (QED) is 0.112. The molecular weight excluding hydrogens is 945 g/mol. The van der Waals surface area contributed by atoms with Gasteiger partial charge >= 0.3 is 0 Å². The minimum absolute atomic E-state index is 0.148. The molecule has 13 aromatic rings. The van der Waals surface area contributed by atoms with Gasteiger partial charge < -0.3 is 18.6 Å². The van der Waals surface area contributed by atoms with E-state index in [2.05, 4.69) is 269 Å². The standard InChI is InChI=1S/C69H58N2O2Si2/c1-43-19-15-21-47(37-43)70(61-29-17-27-56-52-24-11-13-31-63(52)72-67(56)61)49-34-33-45-40-59-60(41-46(45)39-49)69(74(3,4)5,75(6,7)8)66-55-36-35-50(42-58(55)51-23-9-10-26-54(51)65(59)66)71(48-22-16-20-44(2)38-48)62-30-18-28-57-53-25-12-14-32-64(53)73-68(57)62/h9-42H,1-8H3. The van der Waals surface area contributed by atoms with Crippen LogP contribution in [0.4, 0.5) is 34.1 Å². The highest BCUT2D eigenvalue weighted by Crippen LogP contribution is 2.63. The Hall–Kier alpha value is -8.17. The zero-order valence-corrected chi connectivity index (χ0v) is 45.8. The fraction of sp³-hybridized carbons (Fsp3) is 0.130. The maximum Gasteiger partial charge on any atom is 0.159 e. The summed E-state index contributed by atoms with van der Waals surface area (Å²) in [5, 5.41) is 12.2. The number of benzene rings is 11. The van der Waals surface area contributed by atoms with Gasteiger partial charge in [0.05, 0.1) is 27.5 Å². The van der Waals surface area contributed by atoms with Crippen LogP contribution in [0.15, 0.2) is 215 Å². The first-order chi connectivity index (χ1) is 36.3. The molecule has 0 fully saturated rings. The van der Waals surface area contributed by atoms with Crippen molar-refractivity contribution in [3.05, 3.63) is 229 Å². The SMILES string of the molecule is Cc1cccc(N(c2ccc3cc4c(cc3c2)C([Si](C)(C)C)([Si](C)(C)C)c2c-4c3ccccc3c3cc(N(c4cccc(C)c4)c4cccc5c4oc4ccccc45)ccc23)c2cccc3c2oc2ccccc23)c1. The summed E-state index contributed by atoms with van der Waals surface area (Å²) in [6.07, 6.45) is 0. The smallest absolute Gasteiger partial charge is 0.159 e. The molecule has 14 rings (SSSR count). The number of furan rings is 2. The third-order valence-corrected chi connectivity index (χ3v) is 26.6. The molecule has 6 heteroatoms. The lowest BCUT2D eigenvalue weighted by Crippen LogP contribution is -2.63. The van der Waals surface area contributed by atoms with Gasteiger partial charge in [0.1, 0.15) is 11.2 Å². The maximum absolute atomic E-state index is 6.79. The van der Waals surface area contributed by atoms with Crippen molar-refractivity contribution in [2.24, 2.45) is 0 Å². The Kier molecular flexibility index (Phi) is 9.95. The number of aryl methyl sites for hydroxylation is 2. The molecule has 2 aromatic heterocycles. The lowest BCUT2D eigenvalue weighted by atomic mass is 9.90. The Balaban J connectivity index is 1.02. The molecular formula is C69H58N2O2Si2. The largest absolute Gasteiger partial charge is 0.454 e. The van der Waals surface area contributed by atoms with Crippen LogP contribution in [0.1, 0.15) is 22.3 Å². The van der Waals surface area contributed by atoms with Crippen molar-refractivity contribution in [3.8, 4) is 11.1 Å². The topological polar surface area (TPSA) is 32.8 Å². The molecule has 0 saturated carbocycles. The van der Waals surface area contributed by atoms with Gasteiger partial charge in [-0.1, -0.05) is 167 Å². The molecule has 364 valence electrons. The van der Waals surface area contributed by atoms with Crippen LogP contribution in [-0.2, 0) is 4.66 Å². The summed E-state index contributed by atoms with van der Waals surface area (Å²) in [5.41, 5.74) is 18.2. The van der Waals surface area contributed by atoms with Gasteiger partial charge in [0, 0.05) is 49.0 Å². The Labute approximate surface area is 440 Å². The van der Waals surface area contributed by atoms with Gasteiger partial charge in [-0.2, -0.15) is 0 Å². The van der Waals surface area contributed by atoms with Crippen LogP contribution in [0.3, 0.4) is 0 Å². The van der Waals surface area contributed by atoms with Gasteiger partial charge in [-0.25, -0.2) is 0 Å². The van der Waals surface area contributed by atoms with Crippen molar-refractivity contribution < 1.29 is 8.83 Å². The molecule has 0 radical (unpaired) electrons. The monoisotopic (exact) mass is 1000 g/mol. The first-order valence-electron chi connectivity index (χ1n) is 26.4. The highest BCUT2D eigenvalue weighted by atomic mass is 28.4. The van der Waals surface area contributed by atoms with E-state index in [1.807, 2.05) is 0 Å². The Bertz CT molecular complexity index is 4500. The van der Waals surface area contributed by atoms with Crippen LogP contribution < -0.4 is 9.80 Å². The normalized spacial score (nSPS) is 13.4. The number of hydrogen-bond donors (Lipinski definition) is 0. The van der Waals surface area contributed by atoms with E-state index in [1.54, 1.807) is 0 Å². The van der Waals surface area contributed by atoms with Gasteiger partial charge in [0.25, 0.3) is 0 Å². The Morgan fingerprint density at radius 1 is 0.360 bits per heavy atom. The average Bonchev–Trinajstić information content (AvgIpc) is 4.08. The molecule has 2 heterocycles. The van der Waals surface area contributed by atoms with Crippen LogP contribution >= 0.6 is 0 Å². The number of nitrogens with zero attached hydrogens (tertiary/aromatic N) is 2. The van der Waals surface area contributed by atoms with Gasteiger partial charge in [-0.05, 0) is 158 Å². The van der Waals surface area contributed by atoms with Crippen molar-refractivity contribution in [1.29, 1.82) is 0 Å². The van der Waals surface area contributed by atoms with Crippen LogP contribution in [0.5, 0.6) is 0 Å². The first-order valence-corrected chi connectivity index (χ1v) is 33.4. The number of anilines is 6. The van der Waals surface area contributed by atoms with E-state index in [1.165, 1.54) is 65.7 Å². The molecule has 0 bridgehead atoms. The summed E-state index contributed by atoms with van der Waals surface area (Å²) in [7, 11) is -4.35. The predicted octanol–water partition coefficient (Wildman–Crippen LogP) is 20.5. The molecule has 0 saturated heterocycles. The number of hydrogen-bond acceptors (Lipinski definition) is 4. The number of para-hydroxylation sites is 4. The Morgan fingerprint density at radius 3 is 1.40 bits per heavy atom. The fourth-order valence-electron chi connectivity index (χ4n) is 14.0. The molecule has 0 unspecified atom stereocenters. The summed E-state index contributed by atoms with van der Waals surface area (Å²) < 4.78 is 13.4. The zero-order chi connectivity index (χ0) is 51.1.